The predicted octanol–water partition coefficient (Wildman–Crippen LogP) is 2.46. The van der Waals surface area contributed by atoms with Gasteiger partial charge in [0.2, 0.25) is 0 Å². The van der Waals surface area contributed by atoms with E-state index in [1.165, 1.54) is 13.3 Å². The van der Waals surface area contributed by atoms with Crippen molar-refractivity contribution in [3.8, 4) is 0 Å². The van der Waals surface area contributed by atoms with Crippen LogP contribution in [0.5, 0.6) is 0 Å². The second-order valence-corrected chi connectivity index (χ2v) is 7.64. The zero-order chi connectivity index (χ0) is 13.8. The number of hydrogen-bond donors (Lipinski definition) is 2. The van der Waals surface area contributed by atoms with Gasteiger partial charge in [0.25, 0.3) is 0 Å². The molecule has 6 nitrogen and oxygen atoms in total. The summed E-state index contributed by atoms with van der Waals surface area (Å²) in [5.41, 5.74) is 0.500. The first-order chi connectivity index (χ1) is 8.29. The predicted molar refractivity (Wildman–Crippen MR) is 69.8 cm³/mol. The molecule has 0 fully saturated rings. The number of carbonyl (C=O) groups is 2. The van der Waals surface area contributed by atoms with Gasteiger partial charge in [0.05, 0.1) is 6.29 Å². The Kier molecular flexibility index (Phi) is 4.50. The Morgan fingerprint density at radius 3 is 2.28 bits per heavy atom. The van der Waals surface area contributed by atoms with Crippen molar-refractivity contribution in [3.63, 3.8) is 0 Å². The first-order valence-corrected chi connectivity index (χ1v) is 7.99. The van der Waals surface area contributed by atoms with Crippen molar-refractivity contribution in [1.82, 2.24) is 5.32 Å². The summed E-state index contributed by atoms with van der Waals surface area (Å²) in [5, 5.41) is 10.3. The van der Waals surface area contributed by atoms with Crippen LogP contribution in [-0.4, -0.2) is 36.8 Å². The standard InChI is InChI=1S/C11H15N2O4P/c1-18(2,17)8-13(10(14)12-11(15)16)9-6-4-3-5-7-9/h3-7H,8H2,1-2H3,(H,12,14)(H,15,16). The van der Waals surface area contributed by atoms with E-state index in [1.54, 1.807) is 35.6 Å². The van der Waals surface area contributed by atoms with Crippen LogP contribution in [0.2, 0.25) is 0 Å². The zero-order valence-electron chi connectivity index (χ0n) is 10.2. The minimum atomic E-state index is -2.51. The molecule has 0 aliphatic heterocycles. The van der Waals surface area contributed by atoms with Gasteiger partial charge < -0.3 is 9.67 Å². The monoisotopic (exact) mass is 270 g/mol. The third-order valence-electron chi connectivity index (χ3n) is 2.01. The summed E-state index contributed by atoms with van der Waals surface area (Å²) in [4.78, 5) is 23.4. The van der Waals surface area contributed by atoms with Crippen molar-refractivity contribution in [2.45, 2.75) is 0 Å². The molecular weight excluding hydrogens is 255 g/mol. The number of urea groups is 1. The number of anilines is 1. The van der Waals surface area contributed by atoms with Gasteiger partial charge >= 0.3 is 12.1 Å². The summed E-state index contributed by atoms with van der Waals surface area (Å²) in [7, 11) is -2.51. The topological polar surface area (TPSA) is 86.7 Å². The highest BCUT2D eigenvalue weighted by Crippen LogP contribution is 2.38. The van der Waals surface area contributed by atoms with E-state index in [1.807, 2.05) is 0 Å². The number of imide groups is 1. The molecule has 0 aliphatic carbocycles. The maximum atomic E-state index is 11.8. The molecule has 0 saturated heterocycles. The molecule has 0 unspecified atom stereocenters. The Labute approximate surface area is 105 Å². The Balaban J connectivity index is 2.99. The molecule has 0 aliphatic rings. The average molecular weight is 270 g/mol. The molecule has 2 N–H and O–H groups in total. The van der Waals surface area contributed by atoms with Gasteiger partial charge in [-0.15, -0.1) is 0 Å². The van der Waals surface area contributed by atoms with Crippen molar-refractivity contribution in [2.75, 3.05) is 24.5 Å². The number of para-hydroxylation sites is 1. The number of amides is 3. The highest BCUT2D eigenvalue weighted by molar-refractivity contribution is 7.62. The summed E-state index contributed by atoms with van der Waals surface area (Å²) in [6.07, 6.45) is -1.46. The van der Waals surface area contributed by atoms with Crippen LogP contribution in [0, 0.1) is 0 Å². The van der Waals surface area contributed by atoms with E-state index in [0.717, 1.165) is 4.90 Å². The van der Waals surface area contributed by atoms with E-state index >= 15 is 0 Å². The molecule has 7 heteroatoms. The van der Waals surface area contributed by atoms with Gasteiger partial charge in [-0.1, -0.05) is 18.2 Å². The molecule has 0 spiro atoms. The number of benzene rings is 1. The van der Waals surface area contributed by atoms with Crippen LogP contribution in [0.1, 0.15) is 0 Å². The third kappa shape index (κ3) is 4.59. The Bertz CT molecular complexity index is 483. The van der Waals surface area contributed by atoms with Crippen LogP contribution in [0.15, 0.2) is 30.3 Å². The van der Waals surface area contributed by atoms with E-state index in [4.69, 9.17) is 5.11 Å². The highest BCUT2D eigenvalue weighted by atomic mass is 31.2. The van der Waals surface area contributed by atoms with Crippen LogP contribution >= 0.6 is 7.14 Å². The first kappa shape index (κ1) is 14.3. The Morgan fingerprint density at radius 2 is 1.83 bits per heavy atom. The van der Waals surface area contributed by atoms with Crippen molar-refractivity contribution >= 4 is 25.0 Å². The smallest absolute Gasteiger partial charge is 0.412 e. The fourth-order valence-corrected chi connectivity index (χ4v) is 2.34. The molecule has 0 bridgehead atoms. The van der Waals surface area contributed by atoms with E-state index in [9.17, 15) is 14.2 Å². The van der Waals surface area contributed by atoms with Gasteiger partial charge in [0.1, 0.15) is 7.14 Å². The molecule has 0 heterocycles. The second kappa shape index (κ2) is 5.69. The number of carbonyl (C=O) groups excluding carboxylic acids is 1. The summed E-state index contributed by atoms with van der Waals surface area (Å²) in [6.45, 7) is 3.08. The van der Waals surface area contributed by atoms with Crippen LogP contribution in [0.4, 0.5) is 15.3 Å². The largest absolute Gasteiger partial charge is 0.465 e. The van der Waals surface area contributed by atoms with Gasteiger partial charge in [-0.3, -0.25) is 4.90 Å². The van der Waals surface area contributed by atoms with Crippen molar-refractivity contribution in [2.24, 2.45) is 0 Å². The molecule has 0 saturated carbocycles. The molecule has 0 aromatic heterocycles. The lowest BCUT2D eigenvalue weighted by atomic mass is 10.3. The fourth-order valence-electron chi connectivity index (χ4n) is 1.37. The summed E-state index contributed by atoms with van der Waals surface area (Å²) in [6, 6.07) is 7.69. The summed E-state index contributed by atoms with van der Waals surface area (Å²) < 4.78 is 11.8. The first-order valence-electron chi connectivity index (χ1n) is 5.20. The third-order valence-corrected chi connectivity index (χ3v) is 2.97. The Hall–Kier alpha value is -1.81. The SMILES string of the molecule is CP(C)(=O)CN(C(=O)NC(=O)O)c1ccccc1. The normalized spacial score (nSPS) is 10.8. The quantitative estimate of drug-likeness (QED) is 0.826. The Morgan fingerprint density at radius 1 is 1.28 bits per heavy atom. The van der Waals surface area contributed by atoms with Crippen LogP contribution in [0.3, 0.4) is 0 Å². The molecule has 1 aromatic rings. The van der Waals surface area contributed by atoms with Crippen molar-refractivity contribution in [3.05, 3.63) is 30.3 Å². The zero-order valence-corrected chi connectivity index (χ0v) is 11.1. The van der Waals surface area contributed by atoms with Crippen molar-refractivity contribution < 1.29 is 19.3 Å². The molecule has 1 rings (SSSR count). The maximum absolute atomic E-state index is 11.8. The molecule has 1 aromatic carbocycles. The van der Waals surface area contributed by atoms with Gasteiger partial charge in [-0.2, -0.15) is 0 Å². The molecule has 18 heavy (non-hydrogen) atoms. The van der Waals surface area contributed by atoms with Gasteiger partial charge in [-0.25, -0.2) is 14.9 Å². The molecule has 3 amide bonds. The number of hydrogen-bond acceptors (Lipinski definition) is 3. The van der Waals surface area contributed by atoms with Crippen LogP contribution in [-0.2, 0) is 4.57 Å². The van der Waals surface area contributed by atoms with E-state index < -0.39 is 19.3 Å². The van der Waals surface area contributed by atoms with Crippen molar-refractivity contribution in [1.29, 1.82) is 0 Å². The van der Waals surface area contributed by atoms with Gasteiger partial charge in [0.15, 0.2) is 0 Å². The lowest BCUT2D eigenvalue weighted by molar-refractivity contribution is 0.193. The minimum absolute atomic E-state index is 0.0177. The molecule has 0 radical (unpaired) electrons. The highest BCUT2D eigenvalue weighted by Gasteiger charge is 2.22. The van der Waals surface area contributed by atoms with Crippen LogP contribution < -0.4 is 10.2 Å². The number of nitrogens with one attached hydrogen (secondary N) is 1. The number of nitrogens with zero attached hydrogens (tertiary/aromatic N) is 1. The second-order valence-electron chi connectivity index (χ2n) is 4.21. The van der Waals surface area contributed by atoms with E-state index in [-0.39, 0.29) is 6.29 Å². The number of carboxylic acid groups (broad SMARTS) is 1. The molecule has 0 atom stereocenters. The lowest BCUT2D eigenvalue weighted by Gasteiger charge is -2.24. The van der Waals surface area contributed by atoms with Gasteiger partial charge in [-0.05, 0) is 25.5 Å². The minimum Gasteiger partial charge on any atom is -0.465 e. The molecule has 98 valence electrons. The summed E-state index contributed by atoms with van der Waals surface area (Å²) >= 11 is 0. The summed E-state index contributed by atoms with van der Waals surface area (Å²) in [5.74, 6) is 0. The van der Waals surface area contributed by atoms with E-state index in [0.29, 0.717) is 5.69 Å². The average Bonchev–Trinajstić information content (AvgIpc) is 2.25. The number of rotatable bonds is 3. The molecular formula is C11H15N2O4P. The fraction of sp³-hybridized carbons (Fsp3) is 0.273. The van der Waals surface area contributed by atoms with Gasteiger partial charge in [0, 0.05) is 5.69 Å². The lowest BCUT2D eigenvalue weighted by Crippen LogP contribution is -2.42. The van der Waals surface area contributed by atoms with Crippen LogP contribution in [0.25, 0.3) is 0 Å². The maximum Gasteiger partial charge on any atom is 0.412 e. The van der Waals surface area contributed by atoms with E-state index in [2.05, 4.69) is 0 Å².